The summed E-state index contributed by atoms with van der Waals surface area (Å²) in [6, 6.07) is 8.25. The van der Waals surface area contributed by atoms with Gasteiger partial charge in [-0.1, -0.05) is 38.3 Å². The summed E-state index contributed by atoms with van der Waals surface area (Å²) in [6.45, 7) is 4.31. The number of halogens is 1. The molecule has 1 aromatic rings. The number of rotatable bonds is 5. The number of nitrogens with zero attached hydrogens (tertiary/aromatic N) is 1. The lowest BCUT2D eigenvalue weighted by molar-refractivity contribution is 0.0874. The Bertz CT molecular complexity index is 508. The van der Waals surface area contributed by atoms with Crippen molar-refractivity contribution in [1.82, 2.24) is 0 Å². The topological polar surface area (TPSA) is 33.0 Å². The molecule has 0 aliphatic heterocycles. The van der Waals surface area contributed by atoms with Crippen LogP contribution in [0.1, 0.15) is 51.5 Å². The molecule has 3 atom stereocenters. The first-order valence-electron chi connectivity index (χ1n) is 8.02. The van der Waals surface area contributed by atoms with Crippen molar-refractivity contribution in [3.05, 3.63) is 28.8 Å². The molecule has 3 unspecified atom stereocenters. The Hall–Kier alpha value is -1.20. The van der Waals surface area contributed by atoms with Gasteiger partial charge in [-0.25, -0.2) is 0 Å². The Morgan fingerprint density at radius 1 is 1.33 bits per heavy atom. The van der Waals surface area contributed by atoms with Gasteiger partial charge in [-0.05, 0) is 55.4 Å². The zero-order valence-electron chi connectivity index (χ0n) is 12.9. The van der Waals surface area contributed by atoms with Crippen molar-refractivity contribution >= 4 is 11.6 Å². The second kappa shape index (κ2) is 7.71. The van der Waals surface area contributed by atoms with Gasteiger partial charge in [0, 0.05) is 5.02 Å². The molecule has 1 saturated carbocycles. The van der Waals surface area contributed by atoms with Crippen LogP contribution < -0.4 is 4.74 Å². The summed E-state index contributed by atoms with van der Waals surface area (Å²) < 4.78 is 6.15. The van der Waals surface area contributed by atoms with Crippen LogP contribution in [0.25, 0.3) is 0 Å². The Morgan fingerprint density at radius 2 is 2.14 bits per heavy atom. The van der Waals surface area contributed by atoms with Gasteiger partial charge in [0.25, 0.3) is 0 Å². The molecule has 3 heteroatoms. The van der Waals surface area contributed by atoms with Crippen LogP contribution >= 0.6 is 11.6 Å². The van der Waals surface area contributed by atoms with Gasteiger partial charge in [0.2, 0.25) is 0 Å². The molecule has 21 heavy (non-hydrogen) atoms. The average Bonchev–Trinajstić information content (AvgIpc) is 2.50. The van der Waals surface area contributed by atoms with Crippen molar-refractivity contribution in [3.8, 4) is 11.8 Å². The summed E-state index contributed by atoms with van der Waals surface area (Å²) in [5.74, 6) is 1.56. The van der Waals surface area contributed by atoms with Crippen molar-refractivity contribution in [1.29, 1.82) is 5.26 Å². The normalized spacial score (nSPS) is 25.3. The molecule has 1 aliphatic carbocycles. The average molecular weight is 306 g/mol. The minimum Gasteiger partial charge on any atom is -0.489 e. The van der Waals surface area contributed by atoms with Gasteiger partial charge in [0.15, 0.2) is 0 Å². The fraction of sp³-hybridized carbons (Fsp3) is 0.611. The molecular formula is C18H24ClNO. The highest BCUT2D eigenvalue weighted by atomic mass is 35.5. The third kappa shape index (κ3) is 4.14. The third-order valence-corrected chi connectivity index (χ3v) is 4.82. The van der Waals surface area contributed by atoms with Crippen molar-refractivity contribution in [3.63, 3.8) is 0 Å². The maximum absolute atomic E-state index is 9.35. The van der Waals surface area contributed by atoms with Gasteiger partial charge in [-0.3, -0.25) is 0 Å². The van der Waals surface area contributed by atoms with E-state index in [-0.39, 0.29) is 12.0 Å². The molecule has 0 radical (unpaired) electrons. The Kier molecular flexibility index (Phi) is 5.94. The molecule has 0 heterocycles. The Morgan fingerprint density at radius 3 is 2.81 bits per heavy atom. The number of benzene rings is 1. The number of nitriles is 1. The standard InChI is InChI=1S/C18H24ClNO/c1-3-5-13-6-7-15(12-20)18(10-13)21-16-8-9-17(19)14(4-2)11-16/h8-9,11,13,15,18H,3-7,10H2,1-2H3. The molecule has 1 fully saturated rings. The predicted molar refractivity (Wildman–Crippen MR) is 86.6 cm³/mol. The number of hydrogen-bond donors (Lipinski definition) is 0. The highest BCUT2D eigenvalue weighted by Crippen LogP contribution is 2.34. The van der Waals surface area contributed by atoms with Gasteiger partial charge >= 0.3 is 0 Å². The van der Waals surface area contributed by atoms with E-state index in [1.807, 2.05) is 18.2 Å². The fourth-order valence-corrected chi connectivity index (χ4v) is 3.48. The lowest BCUT2D eigenvalue weighted by Gasteiger charge is -2.33. The van der Waals surface area contributed by atoms with Crippen LogP contribution in [0.2, 0.25) is 5.02 Å². The highest BCUT2D eigenvalue weighted by Gasteiger charge is 2.31. The first-order chi connectivity index (χ1) is 10.2. The minimum absolute atomic E-state index is 0.0128. The lowest BCUT2D eigenvalue weighted by Crippen LogP contribution is -2.33. The smallest absolute Gasteiger partial charge is 0.120 e. The first-order valence-corrected chi connectivity index (χ1v) is 8.40. The Balaban J connectivity index is 2.09. The molecule has 0 saturated heterocycles. The lowest BCUT2D eigenvalue weighted by atomic mass is 9.78. The zero-order valence-corrected chi connectivity index (χ0v) is 13.7. The van der Waals surface area contributed by atoms with Gasteiger partial charge in [-0.2, -0.15) is 5.26 Å². The van der Waals surface area contributed by atoms with Crippen molar-refractivity contribution in [2.75, 3.05) is 0 Å². The van der Waals surface area contributed by atoms with Crippen molar-refractivity contribution < 1.29 is 4.74 Å². The monoisotopic (exact) mass is 305 g/mol. The number of aryl methyl sites for hydroxylation is 1. The second-order valence-electron chi connectivity index (χ2n) is 5.97. The minimum atomic E-state index is 0.0128. The third-order valence-electron chi connectivity index (χ3n) is 4.45. The summed E-state index contributed by atoms with van der Waals surface area (Å²) in [6.07, 6.45) is 6.46. The van der Waals surface area contributed by atoms with Gasteiger partial charge in [0.1, 0.15) is 11.9 Å². The van der Waals surface area contributed by atoms with E-state index in [1.165, 1.54) is 12.8 Å². The van der Waals surface area contributed by atoms with Crippen LogP contribution in [0.3, 0.4) is 0 Å². The van der Waals surface area contributed by atoms with E-state index in [2.05, 4.69) is 19.9 Å². The summed E-state index contributed by atoms with van der Waals surface area (Å²) >= 11 is 6.15. The van der Waals surface area contributed by atoms with Crippen LogP contribution in [0.5, 0.6) is 5.75 Å². The van der Waals surface area contributed by atoms with Crippen LogP contribution in [0.4, 0.5) is 0 Å². The van der Waals surface area contributed by atoms with Crippen LogP contribution in [0, 0.1) is 23.2 Å². The van der Waals surface area contributed by atoms with Crippen molar-refractivity contribution in [2.24, 2.45) is 11.8 Å². The van der Waals surface area contributed by atoms with E-state index in [1.54, 1.807) is 0 Å². The summed E-state index contributed by atoms with van der Waals surface area (Å²) in [5, 5.41) is 10.1. The molecular weight excluding hydrogens is 282 g/mol. The van der Waals surface area contributed by atoms with E-state index in [0.29, 0.717) is 5.92 Å². The zero-order chi connectivity index (χ0) is 15.2. The molecule has 114 valence electrons. The molecule has 0 N–H and O–H groups in total. The van der Waals surface area contributed by atoms with E-state index < -0.39 is 0 Å². The predicted octanol–water partition coefficient (Wildman–Crippen LogP) is 5.39. The molecule has 2 rings (SSSR count). The maximum atomic E-state index is 9.35. The number of ether oxygens (including phenoxy) is 1. The van der Waals surface area contributed by atoms with Gasteiger partial charge in [-0.15, -0.1) is 0 Å². The van der Waals surface area contributed by atoms with Crippen LogP contribution in [-0.4, -0.2) is 6.10 Å². The molecule has 0 amide bonds. The van der Waals surface area contributed by atoms with E-state index in [9.17, 15) is 5.26 Å². The second-order valence-corrected chi connectivity index (χ2v) is 6.37. The molecule has 0 aromatic heterocycles. The van der Waals surface area contributed by atoms with Gasteiger partial charge in [0.05, 0.1) is 12.0 Å². The van der Waals surface area contributed by atoms with Crippen molar-refractivity contribution in [2.45, 2.75) is 58.5 Å². The summed E-state index contributed by atoms with van der Waals surface area (Å²) in [4.78, 5) is 0. The molecule has 0 bridgehead atoms. The van der Waals surface area contributed by atoms with E-state index in [0.717, 1.165) is 42.0 Å². The molecule has 1 aromatic carbocycles. The number of hydrogen-bond acceptors (Lipinski definition) is 2. The van der Waals surface area contributed by atoms with Gasteiger partial charge < -0.3 is 4.74 Å². The van der Waals surface area contributed by atoms with E-state index in [4.69, 9.17) is 16.3 Å². The van der Waals surface area contributed by atoms with Crippen LogP contribution in [-0.2, 0) is 6.42 Å². The summed E-state index contributed by atoms with van der Waals surface area (Å²) in [5.41, 5.74) is 1.10. The highest BCUT2D eigenvalue weighted by molar-refractivity contribution is 6.31. The molecule has 0 spiro atoms. The first kappa shape index (κ1) is 16.2. The Labute approximate surface area is 133 Å². The fourth-order valence-electron chi connectivity index (χ4n) is 3.23. The largest absolute Gasteiger partial charge is 0.489 e. The SMILES string of the molecule is CCCC1CCC(C#N)C(Oc2ccc(Cl)c(CC)c2)C1. The quantitative estimate of drug-likeness (QED) is 0.730. The summed E-state index contributed by atoms with van der Waals surface area (Å²) in [7, 11) is 0. The molecule has 2 nitrogen and oxygen atoms in total. The van der Waals surface area contributed by atoms with Crippen LogP contribution in [0.15, 0.2) is 18.2 Å². The molecule has 1 aliphatic rings. The van der Waals surface area contributed by atoms with E-state index >= 15 is 0 Å². The maximum Gasteiger partial charge on any atom is 0.120 e.